The number of nitrogens with zero attached hydrogens (tertiary/aromatic N) is 3. The van der Waals surface area contributed by atoms with Crippen molar-refractivity contribution in [2.75, 3.05) is 6.54 Å². The standard InChI is InChI=1S/C12H16N4O3S/c1-3-7-13-8(4-2)11-14-15-12(19-11)9-5-6-10(20-9)16(17)18/h5-6,8,13H,3-4,7H2,1-2H3. The van der Waals surface area contributed by atoms with Crippen molar-refractivity contribution in [3.8, 4) is 10.8 Å². The average Bonchev–Trinajstić information content (AvgIpc) is 3.08. The van der Waals surface area contributed by atoms with Gasteiger partial charge in [0.25, 0.3) is 5.89 Å². The van der Waals surface area contributed by atoms with Gasteiger partial charge in [-0.3, -0.25) is 10.1 Å². The molecule has 2 rings (SSSR count). The van der Waals surface area contributed by atoms with Crippen molar-refractivity contribution >= 4 is 16.3 Å². The van der Waals surface area contributed by atoms with Crippen LogP contribution in [0.5, 0.6) is 0 Å². The molecule has 2 aromatic heterocycles. The summed E-state index contributed by atoms with van der Waals surface area (Å²) in [7, 11) is 0. The van der Waals surface area contributed by atoms with E-state index in [2.05, 4.69) is 22.4 Å². The van der Waals surface area contributed by atoms with Crippen molar-refractivity contribution in [2.45, 2.75) is 32.7 Å². The van der Waals surface area contributed by atoms with Crippen molar-refractivity contribution < 1.29 is 9.34 Å². The second-order valence-corrected chi connectivity index (χ2v) is 5.32. The molecule has 0 amide bonds. The SMILES string of the molecule is CCCNC(CC)c1nnc(-c2ccc([N+](=O)[O-])s2)o1. The van der Waals surface area contributed by atoms with Gasteiger partial charge < -0.3 is 9.73 Å². The molecule has 2 aromatic rings. The van der Waals surface area contributed by atoms with Gasteiger partial charge in [-0.15, -0.1) is 10.2 Å². The summed E-state index contributed by atoms with van der Waals surface area (Å²) in [5.41, 5.74) is 0. The first-order chi connectivity index (χ1) is 9.65. The van der Waals surface area contributed by atoms with E-state index >= 15 is 0 Å². The summed E-state index contributed by atoms with van der Waals surface area (Å²) < 4.78 is 5.62. The van der Waals surface area contributed by atoms with Gasteiger partial charge in [0, 0.05) is 6.07 Å². The Kier molecular flexibility index (Phi) is 4.80. The van der Waals surface area contributed by atoms with Crippen LogP contribution in [0.1, 0.15) is 38.6 Å². The molecule has 0 spiro atoms. The van der Waals surface area contributed by atoms with Gasteiger partial charge in [0.1, 0.15) is 0 Å². The quantitative estimate of drug-likeness (QED) is 0.623. The van der Waals surface area contributed by atoms with E-state index in [1.54, 1.807) is 6.07 Å². The van der Waals surface area contributed by atoms with E-state index in [0.29, 0.717) is 16.7 Å². The summed E-state index contributed by atoms with van der Waals surface area (Å²) in [6.45, 7) is 5.00. The van der Waals surface area contributed by atoms with Crippen LogP contribution in [0.3, 0.4) is 0 Å². The number of aromatic nitrogens is 2. The summed E-state index contributed by atoms with van der Waals surface area (Å²) >= 11 is 1.03. The van der Waals surface area contributed by atoms with Crippen LogP contribution in [0.2, 0.25) is 0 Å². The van der Waals surface area contributed by atoms with Gasteiger partial charge in [-0.05, 0) is 25.5 Å². The number of thiophene rings is 1. The molecule has 1 atom stereocenters. The van der Waals surface area contributed by atoms with Crippen LogP contribution in [-0.4, -0.2) is 21.7 Å². The van der Waals surface area contributed by atoms with E-state index in [0.717, 1.165) is 30.7 Å². The van der Waals surface area contributed by atoms with E-state index in [9.17, 15) is 10.1 Å². The molecular formula is C12H16N4O3S. The first kappa shape index (κ1) is 14.6. The minimum Gasteiger partial charge on any atom is -0.418 e. The van der Waals surface area contributed by atoms with Crippen LogP contribution in [-0.2, 0) is 0 Å². The molecule has 0 saturated carbocycles. The Bertz CT molecular complexity index is 581. The Labute approximate surface area is 120 Å². The topological polar surface area (TPSA) is 94.1 Å². The fourth-order valence-corrected chi connectivity index (χ4v) is 2.48. The second kappa shape index (κ2) is 6.58. The van der Waals surface area contributed by atoms with Crippen molar-refractivity contribution in [3.05, 3.63) is 28.1 Å². The van der Waals surface area contributed by atoms with Crippen LogP contribution in [0.4, 0.5) is 5.00 Å². The minimum absolute atomic E-state index is 0.0196. The predicted molar refractivity (Wildman–Crippen MR) is 75.6 cm³/mol. The lowest BCUT2D eigenvalue weighted by Crippen LogP contribution is -2.21. The molecule has 0 bridgehead atoms. The molecule has 1 unspecified atom stereocenters. The van der Waals surface area contributed by atoms with Crippen LogP contribution < -0.4 is 5.32 Å². The third-order valence-corrected chi connectivity index (χ3v) is 3.80. The molecule has 1 N–H and O–H groups in total. The highest BCUT2D eigenvalue weighted by Gasteiger charge is 2.19. The molecule has 0 aliphatic carbocycles. The largest absolute Gasteiger partial charge is 0.418 e. The van der Waals surface area contributed by atoms with Crippen molar-refractivity contribution in [1.29, 1.82) is 0 Å². The lowest BCUT2D eigenvalue weighted by molar-refractivity contribution is -0.380. The lowest BCUT2D eigenvalue weighted by Gasteiger charge is -2.11. The second-order valence-electron chi connectivity index (χ2n) is 4.26. The number of nitro groups is 1. The smallest absolute Gasteiger partial charge is 0.324 e. The van der Waals surface area contributed by atoms with E-state index in [-0.39, 0.29) is 11.0 Å². The highest BCUT2D eigenvalue weighted by Crippen LogP contribution is 2.32. The molecule has 0 saturated heterocycles. The molecule has 0 fully saturated rings. The number of rotatable bonds is 7. The van der Waals surface area contributed by atoms with Gasteiger partial charge in [-0.1, -0.05) is 25.2 Å². The van der Waals surface area contributed by atoms with Gasteiger partial charge in [-0.25, -0.2) is 0 Å². The fourth-order valence-electron chi connectivity index (χ4n) is 1.74. The third-order valence-electron chi connectivity index (χ3n) is 2.77. The maximum absolute atomic E-state index is 10.7. The predicted octanol–water partition coefficient (Wildman–Crippen LogP) is 3.16. The van der Waals surface area contributed by atoms with E-state index in [4.69, 9.17) is 4.42 Å². The minimum atomic E-state index is -0.427. The summed E-state index contributed by atoms with van der Waals surface area (Å²) in [5.74, 6) is 0.849. The zero-order valence-corrected chi connectivity index (χ0v) is 12.1. The van der Waals surface area contributed by atoms with Gasteiger partial charge in [-0.2, -0.15) is 0 Å². The van der Waals surface area contributed by atoms with Crippen molar-refractivity contribution in [2.24, 2.45) is 0 Å². The lowest BCUT2D eigenvalue weighted by atomic mass is 10.2. The zero-order chi connectivity index (χ0) is 14.5. The van der Waals surface area contributed by atoms with Crippen molar-refractivity contribution in [3.63, 3.8) is 0 Å². The number of nitrogens with one attached hydrogen (secondary N) is 1. The summed E-state index contributed by atoms with van der Waals surface area (Å²) in [6.07, 6.45) is 1.86. The molecular weight excluding hydrogens is 280 g/mol. The van der Waals surface area contributed by atoms with Gasteiger partial charge in [0.05, 0.1) is 15.8 Å². The zero-order valence-electron chi connectivity index (χ0n) is 11.3. The van der Waals surface area contributed by atoms with Crippen LogP contribution in [0.15, 0.2) is 16.5 Å². The van der Waals surface area contributed by atoms with E-state index < -0.39 is 4.92 Å². The number of hydrogen-bond donors (Lipinski definition) is 1. The Hall–Kier alpha value is -1.80. The first-order valence-electron chi connectivity index (χ1n) is 6.47. The fraction of sp³-hybridized carbons (Fsp3) is 0.500. The summed E-state index contributed by atoms with van der Waals surface area (Å²) in [6, 6.07) is 3.09. The van der Waals surface area contributed by atoms with E-state index in [1.807, 2.05) is 6.92 Å². The van der Waals surface area contributed by atoms with Crippen LogP contribution in [0.25, 0.3) is 10.8 Å². The van der Waals surface area contributed by atoms with E-state index in [1.165, 1.54) is 6.07 Å². The Morgan fingerprint density at radius 1 is 1.45 bits per heavy atom. The van der Waals surface area contributed by atoms with Crippen LogP contribution >= 0.6 is 11.3 Å². The van der Waals surface area contributed by atoms with Gasteiger partial charge in [0.15, 0.2) is 0 Å². The van der Waals surface area contributed by atoms with Gasteiger partial charge >= 0.3 is 5.00 Å². The maximum Gasteiger partial charge on any atom is 0.324 e. The number of hydrogen-bond acceptors (Lipinski definition) is 7. The molecule has 0 aliphatic heterocycles. The molecule has 0 aliphatic rings. The Morgan fingerprint density at radius 2 is 2.25 bits per heavy atom. The van der Waals surface area contributed by atoms with Crippen molar-refractivity contribution in [1.82, 2.24) is 15.5 Å². The summed E-state index contributed by atoms with van der Waals surface area (Å²) in [4.78, 5) is 10.8. The Balaban J connectivity index is 2.16. The summed E-state index contributed by atoms with van der Waals surface area (Å²) in [5, 5.41) is 22.0. The molecule has 0 radical (unpaired) electrons. The normalized spacial score (nSPS) is 12.5. The highest BCUT2D eigenvalue weighted by molar-refractivity contribution is 7.18. The third kappa shape index (κ3) is 3.20. The molecule has 8 heteroatoms. The van der Waals surface area contributed by atoms with Crippen LogP contribution in [0, 0.1) is 10.1 Å². The average molecular weight is 296 g/mol. The molecule has 20 heavy (non-hydrogen) atoms. The maximum atomic E-state index is 10.7. The molecule has 2 heterocycles. The molecule has 108 valence electrons. The molecule has 7 nitrogen and oxygen atoms in total. The highest BCUT2D eigenvalue weighted by atomic mass is 32.1. The first-order valence-corrected chi connectivity index (χ1v) is 7.28. The molecule has 0 aromatic carbocycles. The van der Waals surface area contributed by atoms with Gasteiger partial charge in [0.2, 0.25) is 5.89 Å². The monoisotopic (exact) mass is 296 g/mol. The Morgan fingerprint density at radius 3 is 2.85 bits per heavy atom.